The van der Waals surface area contributed by atoms with Crippen molar-refractivity contribution in [3.63, 3.8) is 0 Å². The molecule has 0 aliphatic heterocycles. The van der Waals surface area contributed by atoms with E-state index in [1.165, 1.54) is 6.07 Å². The van der Waals surface area contributed by atoms with Crippen molar-refractivity contribution in [1.82, 2.24) is 15.5 Å². The van der Waals surface area contributed by atoms with Crippen LogP contribution in [-0.2, 0) is 13.0 Å². The molecule has 0 bridgehead atoms. The quantitative estimate of drug-likeness (QED) is 0.803. The summed E-state index contributed by atoms with van der Waals surface area (Å²) in [5.74, 6) is 0.940. The van der Waals surface area contributed by atoms with Crippen molar-refractivity contribution in [2.75, 3.05) is 6.54 Å². The molecule has 2 rings (SSSR count). The van der Waals surface area contributed by atoms with Crippen LogP contribution in [0, 0.1) is 12.7 Å². The first-order chi connectivity index (χ1) is 8.25. The molecule has 17 heavy (non-hydrogen) atoms. The highest BCUT2D eigenvalue weighted by molar-refractivity contribution is 5.17. The first-order valence-corrected chi connectivity index (χ1v) is 5.49. The summed E-state index contributed by atoms with van der Waals surface area (Å²) in [7, 11) is 0. The Hall–Kier alpha value is -1.75. The molecule has 1 N–H and O–H groups in total. The minimum atomic E-state index is -0.164. The van der Waals surface area contributed by atoms with Gasteiger partial charge in [-0.25, -0.2) is 4.39 Å². The molecule has 0 aliphatic rings. The highest BCUT2D eigenvalue weighted by Gasteiger charge is 2.02. The molecule has 0 radical (unpaired) electrons. The van der Waals surface area contributed by atoms with Crippen molar-refractivity contribution in [3.8, 4) is 0 Å². The minimum Gasteiger partial charge on any atom is -0.424 e. The molecule has 90 valence electrons. The lowest BCUT2D eigenvalue weighted by Gasteiger charge is -2.03. The van der Waals surface area contributed by atoms with E-state index in [0.717, 1.165) is 0 Å². The average molecular weight is 235 g/mol. The molecule has 2 aromatic rings. The van der Waals surface area contributed by atoms with Crippen molar-refractivity contribution in [2.45, 2.75) is 19.9 Å². The molecular weight excluding hydrogens is 221 g/mol. The number of aryl methyl sites for hydroxylation is 1. The van der Waals surface area contributed by atoms with Crippen molar-refractivity contribution in [1.29, 1.82) is 0 Å². The molecule has 0 saturated carbocycles. The zero-order valence-corrected chi connectivity index (χ0v) is 9.61. The van der Waals surface area contributed by atoms with Crippen LogP contribution in [0.25, 0.3) is 0 Å². The Bertz CT molecular complexity index is 484. The van der Waals surface area contributed by atoms with Crippen LogP contribution in [0.2, 0.25) is 0 Å². The summed E-state index contributed by atoms with van der Waals surface area (Å²) >= 11 is 0. The van der Waals surface area contributed by atoms with E-state index in [1.807, 2.05) is 6.07 Å². The summed E-state index contributed by atoms with van der Waals surface area (Å²) in [5.41, 5.74) is 0.710. The van der Waals surface area contributed by atoms with Crippen LogP contribution < -0.4 is 5.32 Å². The molecule has 0 amide bonds. The maximum absolute atomic E-state index is 13.3. The molecule has 1 heterocycles. The Morgan fingerprint density at radius 2 is 2.12 bits per heavy atom. The Morgan fingerprint density at radius 1 is 1.29 bits per heavy atom. The van der Waals surface area contributed by atoms with Crippen LogP contribution in [0.5, 0.6) is 0 Å². The number of rotatable bonds is 5. The van der Waals surface area contributed by atoms with E-state index in [9.17, 15) is 4.39 Å². The third kappa shape index (κ3) is 3.35. The number of nitrogens with one attached hydrogen (secondary N) is 1. The van der Waals surface area contributed by atoms with Gasteiger partial charge in [0.1, 0.15) is 5.82 Å². The molecule has 0 saturated heterocycles. The van der Waals surface area contributed by atoms with Gasteiger partial charge in [-0.05, 0) is 24.6 Å². The van der Waals surface area contributed by atoms with E-state index < -0.39 is 0 Å². The van der Waals surface area contributed by atoms with E-state index in [1.54, 1.807) is 19.1 Å². The van der Waals surface area contributed by atoms with Gasteiger partial charge in [0.2, 0.25) is 11.8 Å². The topological polar surface area (TPSA) is 51.0 Å². The van der Waals surface area contributed by atoms with Crippen molar-refractivity contribution in [3.05, 3.63) is 47.4 Å². The second-order valence-corrected chi connectivity index (χ2v) is 3.73. The molecule has 4 nitrogen and oxygen atoms in total. The summed E-state index contributed by atoms with van der Waals surface area (Å²) in [6.45, 7) is 2.92. The first-order valence-electron chi connectivity index (χ1n) is 5.49. The second-order valence-electron chi connectivity index (χ2n) is 3.73. The largest absolute Gasteiger partial charge is 0.424 e. The van der Waals surface area contributed by atoms with Crippen LogP contribution in [0.1, 0.15) is 17.3 Å². The summed E-state index contributed by atoms with van der Waals surface area (Å²) in [4.78, 5) is 0. The van der Waals surface area contributed by atoms with Gasteiger partial charge >= 0.3 is 0 Å². The standard InChI is InChI=1S/C12H14FN3O/c1-9-15-16-12(17-9)8-14-7-6-10-4-2-3-5-11(10)13/h2-5,14H,6-8H2,1H3. The molecule has 1 aromatic heterocycles. The third-order valence-electron chi connectivity index (χ3n) is 2.37. The Morgan fingerprint density at radius 3 is 2.82 bits per heavy atom. The number of nitrogens with zero attached hydrogens (tertiary/aromatic N) is 2. The van der Waals surface area contributed by atoms with Gasteiger partial charge in [-0.3, -0.25) is 0 Å². The number of halogens is 1. The maximum atomic E-state index is 13.3. The zero-order valence-electron chi connectivity index (χ0n) is 9.61. The lowest BCUT2D eigenvalue weighted by Crippen LogP contribution is -2.17. The van der Waals surface area contributed by atoms with Gasteiger partial charge in [0, 0.05) is 6.92 Å². The van der Waals surface area contributed by atoms with Gasteiger partial charge in [-0.1, -0.05) is 18.2 Å². The van der Waals surface area contributed by atoms with E-state index in [0.29, 0.717) is 36.9 Å². The minimum absolute atomic E-state index is 0.164. The lowest BCUT2D eigenvalue weighted by atomic mass is 10.1. The molecular formula is C12H14FN3O. The van der Waals surface area contributed by atoms with E-state index in [2.05, 4.69) is 15.5 Å². The van der Waals surface area contributed by atoms with Crippen LogP contribution in [-0.4, -0.2) is 16.7 Å². The summed E-state index contributed by atoms with van der Waals surface area (Å²) in [6, 6.07) is 6.78. The van der Waals surface area contributed by atoms with E-state index in [-0.39, 0.29) is 5.82 Å². The number of benzene rings is 1. The first kappa shape index (κ1) is 11.7. The molecule has 1 aromatic carbocycles. The van der Waals surface area contributed by atoms with Crippen LogP contribution in [0.15, 0.2) is 28.7 Å². The Kier molecular flexibility index (Phi) is 3.82. The lowest BCUT2D eigenvalue weighted by molar-refractivity contribution is 0.447. The highest BCUT2D eigenvalue weighted by atomic mass is 19.1. The van der Waals surface area contributed by atoms with Crippen molar-refractivity contribution in [2.24, 2.45) is 0 Å². The van der Waals surface area contributed by atoms with Gasteiger partial charge in [0.05, 0.1) is 6.54 Å². The number of aromatic nitrogens is 2. The van der Waals surface area contributed by atoms with Crippen LogP contribution >= 0.6 is 0 Å². The van der Waals surface area contributed by atoms with Crippen LogP contribution in [0.3, 0.4) is 0 Å². The van der Waals surface area contributed by atoms with Gasteiger partial charge < -0.3 is 9.73 Å². The van der Waals surface area contributed by atoms with Gasteiger partial charge in [-0.2, -0.15) is 0 Å². The zero-order chi connectivity index (χ0) is 12.1. The summed E-state index contributed by atoms with van der Waals surface area (Å²) in [5, 5.41) is 10.7. The van der Waals surface area contributed by atoms with E-state index >= 15 is 0 Å². The fraction of sp³-hybridized carbons (Fsp3) is 0.333. The average Bonchev–Trinajstić information content (AvgIpc) is 2.73. The molecule has 0 spiro atoms. The molecule has 5 heteroatoms. The van der Waals surface area contributed by atoms with E-state index in [4.69, 9.17) is 4.42 Å². The molecule has 0 atom stereocenters. The van der Waals surface area contributed by atoms with Crippen molar-refractivity contribution < 1.29 is 8.81 Å². The molecule has 0 fully saturated rings. The smallest absolute Gasteiger partial charge is 0.230 e. The van der Waals surface area contributed by atoms with Gasteiger partial charge in [0.25, 0.3) is 0 Å². The molecule has 0 unspecified atom stereocenters. The highest BCUT2D eigenvalue weighted by Crippen LogP contribution is 2.06. The van der Waals surface area contributed by atoms with Crippen LogP contribution in [0.4, 0.5) is 4.39 Å². The SMILES string of the molecule is Cc1nnc(CNCCc2ccccc2F)o1. The van der Waals surface area contributed by atoms with Crippen molar-refractivity contribution >= 4 is 0 Å². The summed E-state index contributed by atoms with van der Waals surface area (Å²) in [6.07, 6.45) is 0.639. The Balaban J connectivity index is 1.75. The Labute approximate surface area is 98.9 Å². The number of hydrogen-bond donors (Lipinski definition) is 1. The third-order valence-corrected chi connectivity index (χ3v) is 2.37. The maximum Gasteiger partial charge on any atom is 0.230 e. The van der Waals surface area contributed by atoms with Gasteiger partial charge in [0.15, 0.2) is 0 Å². The number of hydrogen-bond acceptors (Lipinski definition) is 4. The fourth-order valence-corrected chi connectivity index (χ4v) is 1.53. The van der Waals surface area contributed by atoms with Gasteiger partial charge in [-0.15, -0.1) is 10.2 Å². The fourth-order valence-electron chi connectivity index (χ4n) is 1.53. The monoisotopic (exact) mass is 235 g/mol. The second kappa shape index (κ2) is 5.54. The molecule has 0 aliphatic carbocycles. The normalized spacial score (nSPS) is 10.7. The summed E-state index contributed by atoms with van der Waals surface area (Å²) < 4.78 is 18.5. The predicted molar refractivity (Wildman–Crippen MR) is 60.8 cm³/mol. The predicted octanol–water partition coefficient (Wildman–Crippen LogP) is 1.85.